The number of hydrogen-bond acceptors (Lipinski definition) is 14. The van der Waals surface area contributed by atoms with Gasteiger partial charge in [0.2, 0.25) is 0 Å². The van der Waals surface area contributed by atoms with E-state index in [4.69, 9.17) is 23.7 Å². The SMILES string of the molecule is CO[C@H]1C=C2[C@@H](CC[C@H](O[C@@H]3O[C@H](CO)[C@@H](O)[C@@H](O)[C@H]3O)C2(C)C)[C@]2(C)CC[C@]3(C)[C@@H]([C@H](C)C(O)C(C=C(C)C)O[C@@H]4O[C@H](CO)[C@@H](O)[C@@H](O)[C@H]4O)CC[C@@]3(C)[C@H]12. The first-order valence-electron chi connectivity index (χ1n) is 21.1. The molecular weight excluding hydrogens is 740 g/mol. The molecule has 3 saturated carbocycles. The van der Waals surface area contributed by atoms with Crippen molar-refractivity contribution in [2.75, 3.05) is 20.3 Å². The van der Waals surface area contributed by atoms with Crippen LogP contribution >= 0.6 is 0 Å². The van der Waals surface area contributed by atoms with Crippen molar-refractivity contribution in [3.05, 3.63) is 23.3 Å². The third kappa shape index (κ3) is 7.43. The van der Waals surface area contributed by atoms with Crippen molar-refractivity contribution in [2.45, 2.75) is 180 Å². The molecule has 0 aromatic carbocycles. The van der Waals surface area contributed by atoms with Crippen LogP contribution in [0.2, 0.25) is 0 Å². The van der Waals surface area contributed by atoms with Crippen molar-refractivity contribution in [3.63, 3.8) is 0 Å². The van der Waals surface area contributed by atoms with Crippen LogP contribution in [0.4, 0.5) is 0 Å². The Balaban J connectivity index is 1.25. The fourth-order valence-corrected chi connectivity index (χ4v) is 12.8. The number of hydrogen-bond donors (Lipinski definition) is 9. The van der Waals surface area contributed by atoms with Crippen molar-refractivity contribution in [1.29, 1.82) is 0 Å². The van der Waals surface area contributed by atoms with Crippen molar-refractivity contribution in [2.24, 2.45) is 45.3 Å². The molecule has 14 heteroatoms. The summed E-state index contributed by atoms with van der Waals surface area (Å²) in [6.07, 6.45) is -7.08. The number of allylic oxidation sites excluding steroid dienone is 1. The first kappa shape index (κ1) is 45.4. The smallest absolute Gasteiger partial charge is 0.187 e. The molecule has 0 aromatic rings. The molecular formula is C43H72O14. The van der Waals surface area contributed by atoms with Gasteiger partial charge in [-0.3, -0.25) is 0 Å². The molecule has 0 radical (unpaired) electrons. The van der Waals surface area contributed by atoms with Gasteiger partial charge in [-0.15, -0.1) is 0 Å². The molecule has 2 aliphatic heterocycles. The predicted octanol–water partition coefficient (Wildman–Crippen LogP) is 1.55. The molecule has 2 heterocycles. The molecule has 21 atom stereocenters. The second kappa shape index (κ2) is 16.7. The minimum atomic E-state index is -1.59. The molecule has 0 bridgehead atoms. The number of rotatable bonds is 11. The highest BCUT2D eigenvalue weighted by Crippen LogP contribution is 2.75. The predicted molar refractivity (Wildman–Crippen MR) is 207 cm³/mol. The van der Waals surface area contributed by atoms with Gasteiger partial charge >= 0.3 is 0 Å². The summed E-state index contributed by atoms with van der Waals surface area (Å²) in [5.41, 5.74) is 1.16. The van der Waals surface area contributed by atoms with Crippen LogP contribution in [-0.4, -0.2) is 152 Å². The summed E-state index contributed by atoms with van der Waals surface area (Å²) in [7, 11) is 1.77. The van der Waals surface area contributed by atoms with E-state index in [9.17, 15) is 46.0 Å². The Labute approximate surface area is 337 Å². The van der Waals surface area contributed by atoms with Crippen LogP contribution in [-0.2, 0) is 23.7 Å². The van der Waals surface area contributed by atoms with Gasteiger partial charge in [-0.2, -0.15) is 0 Å². The Bertz CT molecular complexity index is 1460. The zero-order valence-corrected chi connectivity index (χ0v) is 35.3. The Morgan fingerprint density at radius 2 is 1.37 bits per heavy atom. The van der Waals surface area contributed by atoms with E-state index < -0.39 is 92.2 Å². The van der Waals surface area contributed by atoms with Crippen molar-refractivity contribution in [1.82, 2.24) is 0 Å². The first-order chi connectivity index (χ1) is 26.6. The second-order valence-electron chi connectivity index (χ2n) is 19.9. The van der Waals surface area contributed by atoms with Gasteiger partial charge in [0, 0.05) is 18.4 Å². The van der Waals surface area contributed by atoms with Gasteiger partial charge < -0.3 is 69.6 Å². The summed E-state index contributed by atoms with van der Waals surface area (Å²) in [5, 5.41) is 94.9. The molecule has 328 valence electrons. The summed E-state index contributed by atoms with van der Waals surface area (Å²) in [6.45, 7) is 16.3. The lowest BCUT2D eigenvalue weighted by Crippen LogP contribution is -2.64. The molecule has 0 amide bonds. The largest absolute Gasteiger partial charge is 0.394 e. The molecule has 2 saturated heterocycles. The maximum Gasteiger partial charge on any atom is 0.187 e. The molecule has 9 N–H and O–H groups in total. The minimum Gasteiger partial charge on any atom is -0.394 e. The summed E-state index contributed by atoms with van der Waals surface area (Å²) < 4.78 is 30.6. The van der Waals surface area contributed by atoms with E-state index in [0.717, 1.165) is 37.7 Å². The van der Waals surface area contributed by atoms with Gasteiger partial charge in [-0.25, -0.2) is 0 Å². The average Bonchev–Trinajstić information content (AvgIpc) is 3.44. The molecule has 5 fully saturated rings. The lowest BCUT2D eigenvalue weighted by molar-refractivity contribution is -0.320. The van der Waals surface area contributed by atoms with Crippen LogP contribution in [0.25, 0.3) is 0 Å². The van der Waals surface area contributed by atoms with E-state index in [2.05, 4.69) is 47.6 Å². The summed E-state index contributed by atoms with van der Waals surface area (Å²) in [5.74, 6) is 0.261. The monoisotopic (exact) mass is 812 g/mol. The van der Waals surface area contributed by atoms with E-state index >= 15 is 0 Å². The topological polar surface area (TPSA) is 228 Å². The molecule has 4 aliphatic carbocycles. The van der Waals surface area contributed by atoms with Gasteiger partial charge in [-0.1, -0.05) is 64.8 Å². The van der Waals surface area contributed by atoms with Crippen LogP contribution in [0.5, 0.6) is 0 Å². The Morgan fingerprint density at radius 1 is 0.789 bits per heavy atom. The van der Waals surface area contributed by atoms with Crippen molar-refractivity contribution >= 4 is 0 Å². The highest BCUT2D eigenvalue weighted by atomic mass is 16.7. The molecule has 2 unspecified atom stereocenters. The van der Waals surface area contributed by atoms with E-state index in [1.165, 1.54) is 5.57 Å². The standard InChI is InChI=1S/C43H72O14/c1-20(2)16-25(54-38-35(51)33(49)31(47)27(18-44)55-38)30(46)21(3)22-12-13-43(8)37-26(53-9)17-24-23(41(37,6)14-15-42(22,43)7)10-11-29(40(24,4)5)57-39-36(52)34(50)32(48)28(19-45)56-39/h16-17,21-23,25-39,44-52H,10-15,18-19H2,1-9H3/t21-,22+,23+,25?,26-,27+,28+,29-,30?,31+,32+,33+,34+,35+,36+,37+,38+,39-,41-,42+,43-/m0/s1. The van der Waals surface area contributed by atoms with Gasteiger partial charge in [0.15, 0.2) is 12.6 Å². The summed E-state index contributed by atoms with van der Waals surface area (Å²) in [6, 6.07) is 0. The van der Waals surface area contributed by atoms with Crippen LogP contribution in [0.15, 0.2) is 23.3 Å². The van der Waals surface area contributed by atoms with Crippen LogP contribution in [0.3, 0.4) is 0 Å². The van der Waals surface area contributed by atoms with Gasteiger partial charge in [0.1, 0.15) is 54.9 Å². The number of methoxy groups -OCH3 is 1. The molecule has 0 spiro atoms. The molecule has 0 aromatic heterocycles. The van der Waals surface area contributed by atoms with Gasteiger partial charge in [0.25, 0.3) is 0 Å². The van der Waals surface area contributed by atoms with Gasteiger partial charge in [0.05, 0.1) is 31.5 Å². The van der Waals surface area contributed by atoms with Crippen LogP contribution < -0.4 is 0 Å². The normalized spacial score (nSPS) is 49.8. The van der Waals surface area contributed by atoms with E-state index in [-0.39, 0.29) is 52.1 Å². The number of aliphatic hydroxyl groups is 9. The zero-order valence-electron chi connectivity index (χ0n) is 35.3. The molecule has 6 aliphatic rings. The molecule has 14 nitrogen and oxygen atoms in total. The number of ether oxygens (including phenoxy) is 5. The Morgan fingerprint density at radius 3 is 1.93 bits per heavy atom. The lowest BCUT2D eigenvalue weighted by Gasteiger charge is -2.67. The zero-order chi connectivity index (χ0) is 42.2. The maximum atomic E-state index is 12.2. The average molecular weight is 813 g/mol. The lowest BCUT2D eigenvalue weighted by atomic mass is 9.38. The maximum absolute atomic E-state index is 12.2. The molecule has 57 heavy (non-hydrogen) atoms. The summed E-state index contributed by atoms with van der Waals surface area (Å²) >= 11 is 0. The second-order valence-corrected chi connectivity index (χ2v) is 19.9. The minimum absolute atomic E-state index is 0.107. The van der Waals surface area contributed by atoms with Crippen molar-refractivity contribution < 1.29 is 69.6 Å². The Hall–Kier alpha value is -1.08. The third-order valence-electron chi connectivity index (χ3n) is 16.4. The van der Waals surface area contributed by atoms with Crippen LogP contribution in [0.1, 0.15) is 93.9 Å². The quantitative estimate of drug-likeness (QED) is 0.135. The van der Waals surface area contributed by atoms with E-state index in [1.54, 1.807) is 13.2 Å². The van der Waals surface area contributed by atoms with E-state index in [0.29, 0.717) is 6.42 Å². The van der Waals surface area contributed by atoms with Crippen molar-refractivity contribution in [3.8, 4) is 0 Å². The molecule has 6 rings (SSSR count). The highest BCUT2D eigenvalue weighted by molar-refractivity contribution is 5.33. The van der Waals surface area contributed by atoms with Crippen LogP contribution in [0, 0.1) is 45.3 Å². The Kier molecular flexibility index (Phi) is 13.3. The van der Waals surface area contributed by atoms with E-state index in [1.807, 2.05) is 13.8 Å². The highest BCUT2D eigenvalue weighted by Gasteiger charge is 2.70. The third-order valence-corrected chi connectivity index (χ3v) is 16.4. The number of aliphatic hydroxyl groups excluding tert-OH is 9. The fraction of sp³-hybridized carbons (Fsp3) is 0.907. The fourth-order valence-electron chi connectivity index (χ4n) is 12.8. The summed E-state index contributed by atoms with van der Waals surface area (Å²) in [4.78, 5) is 0. The first-order valence-corrected chi connectivity index (χ1v) is 21.1. The van der Waals surface area contributed by atoms with Gasteiger partial charge in [-0.05, 0) is 86.4 Å². The number of fused-ring (bicyclic) bond motifs is 5.